The van der Waals surface area contributed by atoms with E-state index in [1.807, 2.05) is 26.0 Å². The van der Waals surface area contributed by atoms with Crippen LogP contribution >= 0.6 is 11.6 Å². The Morgan fingerprint density at radius 2 is 2.03 bits per heavy atom. The average Bonchev–Trinajstić information content (AvgIpc) is 3.52. The van der Waals surface area contributed by atoms with Crippen molar-refractivity contribution in [1.82, 2.24) is 10.2 Å². The Balaban J connectivity index is 1.41. The highest BCUT2D eigenvalue weighted by atomic mass is 35.5. The molecule has 2 N–H and O–H groups in total. The van der Waals surface area contributed by atoms with Gasteiger partial charge < -0.3 is 25.0 Å². The number of amides is 3. The molecular formula is C30H40ClN3O5. The molecule has 3 aliphatic heterocycles. The van der Waals surface area contributed by atoms with Crippen molar-refractivity contribution in [3.63, 3.8) is 0 Å². The second kappa shape index (κ2) is 11.2. The molecule has 3 heterocycles. The van der Waals surface area contributed by atoms with Crippen LogP contribution in [0.15, 0.2) is 36.4 Å². The van der Waals surface area contributed by atoms with Crippen molar-refractivity contribution < 1.29 is 23.9 Å². The number of nitrogens with zero attached hydrogens (tertiary/aromatic N) is 1. The third-order valence-corrected chi connectivity index (χ3v) is 9.28. The van der Waals surface area contributed by atoms with Crippen LogP contribution in [0.4, 0.5) is 5.69 Å². The molecule has 8 nitrogen and oxygen atoms in total. The van der Waals surface area contributed by atoms with E-state index in [9.17, 15) is 14.4 Å². The first kappa shape index (κ1) is 28.1. The Labute approximate surface area is 235 Å². The molecule has 1 aromatic carbocycles. The van der Waals surface area contributed by atoms with Gasteiger partial charge in [0.05, 0.1) is 24.0 Å². The molecule has 2 saturated heterocycles. The maximum Gasteiger partial charge on any atom is 0.246 e. The lowest BCUT2D eigenvalue weighted by atomic mass is 9.73. The van der Waals surface area contributed by atoms with Gasteiger partial charge in [0.15, 0.2) is 0 Å². The van der Waals surface area contributed by atoms with E-state index < -0.39 is 29.6 Å². The molecule has 3 fully saturated rings. The van der Waals surface area contributed by atoms with Crippen molar-refractivity contribution in [2.75, 3.05) is 18.5 Å². The quantitative estimate of drug-likeness (QED) is 0.351. The maximum absolute atomic E-state index is 14.0. The monoisotopic (exact) mass is 557 g/mol. The summed E-state index contributed by atoms with van der Waals surface area (Å²) in [4.78, 5) is 43.2. The van der Waals surface area contributed by atoms with E-state index in [0.29, 0.717) is 42.1 Å². The summed E-state index contributed by atoms with van der Waals surface area (Å²) < 4.78 is 12.2. The van der Waals surface area contributed by atoms with E-state index >= 15 is 0 Å². The van der Waals surface area contributed by atoms with Gasteiger partial charge in [-0.3, -0.25) is 14.4 Å². The maximum atomic E-state index is 14.0. The molecular weight excluding hydrogens is 518 g/mol. The Morgan fingerprint density at radius 1 is 1.23 bits per heavy atom. The summed E-state index contributed by atoms with van der Waals surface area (Å²) in [5.74, 6) is -1.41. The van der Waals surface area contributed by atoms with Gasteiger partial charge in [-0.1, -0.05) is 56.5 Å². The lowest BCUT2D eigenvalue weighted by Gasteiger charge is -2.38. The number of likely N-dealkylation sites (tertiary alicyclic amines) is 1. The molecule has 1 aliphatic carbocycles. The molecule has 2 bridgehead atoms. The summed E-state index contributed by atoms with van der Waals surface area (Å²) in [5, 5.41) is 6.70. The number of rotatable bonds is 9. The van der Waals surface area contributed by atoms with Crippen LogP contribution in [0.1, 0.15) is 53.4 Å². The number of hydrogen-bond acceptors (Lipinski definition) is 5. The van der Waals surface area contributed by atoms with E-state index in [4.69, 9.17) is 21.1 Å². The van der Waals surface area contributed by atoms with Crippen LogP contribution in [-0.4, -0.2) is 65.7 Å². The molecule has 39 heavy (non-hydrogen) atoms. The number of anilines is 1. The Hall–Kier alpha value is -2.42. The molecule has 4 aliphatic rings. The highest BCUT2D eigenvalue weighted by Gasteiger charge is 2.72. The second-order valence-corrected chi connectivity index (χ2v) is 12.3. The van der Waals surface area contributed by atoms with E-state index in [-0.39, 0.29) is 29.9 Å². The number of fused-ring (bicyclic) bond motifs is 1. The standard InChI is InChI=1S/C30H40ClN3O5/c1-17(2)38-15-7-14-34-26(28(36)33-22-11-5-8-18(3)19(22)4)30-13-12-23(39-30)24(25(30)29(34)37)27(35)32-21-10-6-9-20(31)16-21/h6,9-10,12-13,16-19,22-26H,5,7-8,11,14-15H2,1-4H3,(H,32,35)(H,33,36). The van der Waals surface area contributed by atoms with Crippen molar-refractivity contribution in [3.8, 4) is 0 Å². The number of carbonyl (C=O) groups is 3. The minimum absolute atomic E-state index is 0.0439. The zero-order chi connectivity index (χ0) is 27.9. The zero-order valence-electron chi connectivity index (χ0n) is 23.2. The van der Waals surface area contributed by atoms with Gasteiger partial charge in [0.25, 0.3) is 0 Å². The van der Waals surface area contributed by atoms with Crippen molar-refractivity contribution in [1.29, 1.82) is 0 Å². The van der Waals surface area contributed by atoms with E-state index in [2.05, 4.69) is 24.5 Å². The molecule has 3 amide bonds. The van der Waals surface area contributed by atoms with Gasteiger partial charge in [0, 0.05) is 29.9 Å². The first-order valence-electron chi connectivity index (χ1n) is 14.3. The molecule has 1 aromatic rings. The lowest BCUT2D eigenvalue weighted by molar-refractivity contribution is -0.142. The summed E-state index contributed by atoms with van der Waals surface area (Å²) in [6, 6.07) is 6.11. The molecule has 1 saturated carbocycles. The van der Waals surface area contributed by atoms with Gasteiger partial charge in [-0.2, -0.15) is 0 Å². The fraction of sp³-hybridized carbons (Fsp3) is 0.633. The van der Waals surface area contributed by atoms with Crippen LogP contribution in [0.5, 0.6) is 0 Å². The van der Waals surface area contributed by atoms with Gasteiger partial charge in [-0.05, 0) is 56.7 Å². The Bertz CT molecular complexity index is 1140. The Kier molecular flexibility index (Phi) is 8.09. The highest BCUT2D eigenvalue weighted by molar-refractivity contribution is 6.30. The molecule has 0 aromatic heterocycles. The predicted octanol–water partition coefficient (Wildman–Crippen LogP) is 4.19. The highest BCUT2D eigenvalue weighted by Crippen LogP contribution is 2.55. The smallest absolute Gasteiger partial charge is 0.246 e. The topological polar surface area (TPSA) is 97.0 Å². The van der Waals surface area contributed by atoms with Crippen LogP contribution < -0.4 is 10.6 Å². The van der Waals surface area contributed by atoms with E-state index in [0.717, 1.165) is 19.3 Å². The number of hydrogen-bond donors (Lipinski definition) is 2. The van der Waals surface area contributed by atoms with Crippen LogP contribution in [0, 0.1) is 23.7 Å². The summed E-state index contributed by atoms with van der Waals surface area (Å²) in [5.41, 5.74) is -0.624. The Morgan fingerprint density at radius 3 is 2.77 bits per heavy atom. The largest absolute Gasteiger partial charge is 0.379 e. The summed E-state index contributed by atoms with van der Waals surface area (Å²) in [6.07, 6.45) is 6.91. The molecule has 8 atom stereocenters. The van der Waals surface area contributed by atoms with Crippen molar-refractivity contribution in [2.24, 2.45) is 23.7 Å². The fourth-order valence-corrected chi connectivity index (χ4v) is 7.09. The number of nitrogens with one attached hydrogen (secondary N) is 2. The van der Waals surface area contributed by atoms with Crippen LogP contribution in [0.25, 0.3) is 0 Å². The summed E-state index contributed by atoms with van der Waals surface area (Å²) in [7, 11) is 0. The first-order chi connectivity index (χ1) is 18.6. The lowest BCUT2D eigenvalue weighted by Crippen LogP contribution is -2.58. The van der Waals surface area contributed by atoms with Crippen LogP contribution in [-0.2, 0) is 23.9 Å². The minimum Gasteiger partial charge on any atom is -0.379 e. The third-order valence-electron chi connectivity index (χ3n) is 9.05. The normalized spacial score (nSPS) is 35.0. The van der Waals surface area contributed by atoms with Gasteiger partial charge in [0.2, 0.25) is 17.7 Å². The first-order valence-corrected chi connectivity index (χ1v) is 14.7. The van der Waals surface area contributed by atoms with Gasteiger partial charge in [-0.25, -0.2) is 0 Å². The van der Waals surface area contributed by atoms with Crippen molar-refractivity contribution in [3.05, 3.63) is 41.4 Å². The zero-order valence-corrected chi connectivity index (χ0v) is 23.9. The van der Waals surface area contributed by atoms with Gasteiger partial charge in [-0.15, -0.1) is 0 Å². The van der Waals surface area contributed by atoms with Gasteiger partial charge >= 0.3 is 0 Å². The fourth-order valence-electron chi connectivity index (χ4n) is 6.90. The third kappa shape index (κ3) is 5.23. The molecule has 9 heteroatoms. The molecule has 1 spiro atoms. The van der Waals surface area contributed by atoms with Crippen LogP contribution in [0.3, 0.4) is 0 Å². The minimum atomic E-state index is -1.18. The van der Waals surface area contributed by atoms with E-state index in [1.165, 1.54) is 0 Å². The number of ether oxygens (including phenoxy) is 2. The molecule has 0 radical (unpaired) electrons. The number of benzene rings is 1. The molecule has 5 rings (SSSR count). The SMILES string of the molecule is CC(C)OCCCN1C(=O)C2C(C(=O)Nc3cccc(Cl)c3)C3C=CC2(O3)C1C(=O)NC1CCCC(C)C1C. The predicted molar refractivity (Wildman–Crippen MR) is 149 cm³/mol. The second-order valence-electron chi connectivity index (χ2n) is 11.9. The van der Waals surface area contributed by atoms with Gasteiger partial charge in [0.1, 0.15) is 11.6 Å². The van der Waals surface area contributed by atoms with Crippen LogP contribution in [0.2, 0.25) is 5.02 Å². The average molecular weight is 558 g/mol. The van der Waals surface area contributed by atoms with Crippen molar-refractivity contribution >= 4 is 35.0 Å². The molecule has 212 valence electrons. The summed E-state index contributed by atoms with van der Waals surface area (Å²) >= 11 is 6.11. The molecule has 8 unspecified atom stereocenters. The number of halogens is 1. The van der Waals surface area contributed by atoms with E-state index in [1.54, 1.807) is 29.2 Å². The number of carbonyl (C=O) groups excluding carboxylic acids is 3. The van der Waals surface area contributed by atoms with Crippen molar-refractivity contribution in [2.45, 2.75) is 83.3 Å². The summed E-state index contributed by atoms with van der Waals surface area (Å²) in [6.45, 7) is 9.17.